The minimum atomic E-state index is -0.390. The topological polar surface area (TPSA) is 83.6 Å². The lowest BCUT2D eigenvalue weighted by molar-refractivity contribution is -0.933. The van der Waals surface area contributed by atoms with Gasteiger partial charge in [-0.3, -0.25) is 4.79 Å². The molecule has 0 amide bonds. The molecule has 1 fully saturated rings. The van der Waals surface area contributed by atoms with Gasteiger partial charge in [-0.05, 0) is 35.5 Å². The number of rotatable bonds is 6. The van der Waals surface area contributed by atoms with Crippen LogP contribution in [0.25, 0.3) is 0 Å². The summed E-state index contributed by atoms with van der Waals surface area (Å²) < 4.78 is 12.0. The van der Waals surface area contributed by atoms with E-state index in [1.807, 2.05) is 6.07 Å². The van der Waals surface area contributed by atoms with Crippen LogP contribution in [0.1, 0.15) is 24.4 Å². The number of hydrogen-bond acceptors (Lipinski definition) is 6. The van der Waals surface area contributed by atoms with Crippen molar-refractivity contribution in [3.63, 3.8) is 0 Å². The number of ether oxygens (including phenoxy) is 2. The number of quaternary nitrogens is 1. The molecule has 0 saturated carbocycles. The first-order valence-corrected chi connectivity index (χ1v) is 9.14. The van der Waals surface area contributed by atoms with Crippen molar-refractivity contribution in [2.45, 2.75) is 19.5 Å². The number of benzene rings is 1. The summed E-state index contributed by atoms with van der Waals surface area (Å²) in [4.78, 5) is 13.1. The highest BCUT2D eigenvalue weighted by Crippen LogP contribution is 2.28. The Morgan fingerprint density at radius 1 is 1.38 bits per heavy atom. The van der Waals surface area contributed by atoms with E-state index >= 15 is 0 Å². The smallest absolute Gasteiger partial charge is 0.327 e. The van der Waals surface area contributed by atoms with Crippen LogP contribution in [0.2, 0.25) is 10.0 Å². The van der Waals surface area contributed by atoms with Crippen molar-refractivity contribution >= 4 is 29.2 Å². The number of nitrogens with zero attached hydrogens (tertiary/aromatic N) is 4. The SMILES string of the molecule is CCOC(=O)Cn1nnnc1[C@H](c1ccc(Cl)cc1Cl)[NH+]1CCOCC1. The summed E-state index contributed by atoms with van der Waals surface area (Å²) in [7, 11) is 0. The van der Waals surface area contributed by atoms with Gasteiger partial charge in [0.25, 0.3) is 0 Å². The van der Waals surface area contributed by atoms with Gasteiger partial charge in [-0.2, -0.15) is 0 Å². The van der Waals surface area contributed by atoms with Gasteiger partial charge in [-0.1, -0.05) is 23.2 Å². The Balaban J connectivity index is 1.98. The zero-order valence-corrected chi connectivity index (χ0v) is 15.8. The number of carbonyl (C=O) groups is 1. The van der Waals surface area contributed by atoms with Gasteiger partial charge < -0.3 is 14.4 Å². The van der Waals surface area contributed by atoms with Gasteiger partial charge in [0.05, 0.1) is 24.8 Å². The van der Waals surface area contributed by atoms with E-state index in [0.717, 1.165) is 18.7 Å². The molecule has 1 aromatic carbocycles. The van der Waals surface area contributed by atoms with E-state index in [4.69, 9.17) is 32.7 Å². The molecule has 3 rings (SSSR count). The van der Waals surface area contributed by atoms with Gasteiger partial charge in [0.2, 0.25) is 5.82 Å². The molecule has 1 aliphatic heterocycles. The average molecular weight is 401 g/mol. The zero-order chi connectivity index (χ0) is 18.5. The lowest BCUT2D eigenvalue weighted by Crippen LogP contribution is -3.14. The zero-order valence-electron chi connectivity index (χ0n) is 14.3. The third kappa shape index (κ3) is 4.32. The molecule has 2 aromatic rings. The molecule has 0 bridgehead atoms. The predicted octanol–water partition coefficient (Wildman–Crippen LogP) is 0.547. The predicted molar refractivity (Wildman–Crippen MR) is 94.3 cm³/mol. The van der Waals surface area contributed by atoms with Gasteiger partial charge in [0.15, 0.2) is 6.04 Å². The maximum absolute atomic E-state index is 11.9. The van der Waals surface area contributed by atoms with Gasteiger partial charge in [0.1, 0.15) is 19.6 Å². The van der Waals surface area contributed by atoms with Crippen molar-refractivity contribution in [2.24, 2.45) is 0 Å². The normalized spacial score (nSPS) is 16.4. The fraction of sp³-hybridized carbons (Fsp3) is 0.500. The summed E-state index contributed by atoms with van der Waals surface area (Å²) in [6.45, 7) is 4.82. The maximum Gasteiger partial charge on any atom is 0.327 e. The summed E-state index contributed by atoms with van der Waals surface area (Å²) in [5, 5.41) is 13.0. The number of nitrogens with one attached hydrogen (secondary N) is 1. The molecular weight excluding hydrogens is 381 g/mol. The Labute approximate surface area is 161 Å². The first-order chi connectivity index (χ1) is 12.6. The average Bonchev–Trinajstić information content (AvgIpc) is 3.06. The number of morpholine rings is 1. The van der Waals surface area contributed by atoms with Crippen LogP contribution < -0.4 is 4.90 Å². The number of hydrogen-bond donors (Lipinski definition) is 1. The summed E-state index contributed by atoms with van der Waals surface area (Å²) in [5.74, 6) is 0.165. The van der Waals surface area contributed by atoms with Crippen LogP contribution >= 0.6 is 23.2 Å². The molecule has 140 valence electrons. The summed E-state index contributed by atoms with van der Waals surface area (Å²) >= 11 is 12.5. The first kappa shape index (κ1) is 19.0. The highest BCUT2D eigenvalue weighted by atomic mass is 35.5. The largest absolute Gasteiger partial charge is 0.465 e. The van der Waals surface area contributed by atoms with Crippen LogP contribution in [-0.4, -0.2) is 59.1 Å². The molecule has 0 unspecified atom stereocenters. The number of aromatic nitrogens is 4. The molecular formula is C16H20Cl2N5O3+. The highest BCUT2D eigenvalue weighted by Gasteiger charge is 2.34. The van der Waals surface area contributed by atoms with Crippen molar-refractivity contribution in [3.8, 4) is 0 Å². The van der Waals surface area contributed by atoms with Crippen LogP contribution in [-0.2, 0) is 20.8 Å². The molecule has 0 radical (unpaired) electrons. The Kier molecular flexibility index (Phi) is 6.42. The number of esters is 1. The lowest BCUT2D eigenvalue weighted by Gasteiger charge is -2.31. The Bertz CT molecular complexity index is 764. The summed E-state index contributed by atoms with van der Waals surface area (Å²) in [5.41, 5.74) is 0.855. The van der Waals surface area contributed by atoms with Crippen LogP contribution in [0.4, 0.5) is 0 Å². The standard InChI is InChI=1S/C16H19Cl2N5O3/c1-2-26-14(24)10-23-16(19-20-21-23)15(22-5-7-25-8-6-22)12-4-3-11(17)9-13(12)18/h3-4,9,15H,2,5-8,10H2,1H3/p+1/t15-/m0/s1. The monoisotopic (exact) mass is 400 g/mol. The van der Waals surface area contributed by atoms with Crippen LogP contribution in [0.3, 0.4) is 0 Å². The third-order valence-corrected chi connectivity index (χ3v) is 4.78. The Morgan fingerprint density at radius 2 is 2.15 bits per heavy atom. The van der Waals surface area contributed by atoms with Crippen molar-refractivity contribution in [1.29, 1.82) is 0 Å². The minimum absolute atomic E-state index is 0.0539. The van der Waals surface area contributed by atoms with Gasteiger partial charge in [-0.25, -0.2) is 4.68 Å². The van der Waals surface area contributed by atoms with Gasteiger partial charge in [0, 0.05) is 10.6 Å². The van der Waals surface area contributed by atoms with E-state index < -0.39 is 0 Å². The fourth-order valence-electron chi connectivity index (χ4n) is 3.06. The second-order valence-electron chi connectivity index (χ2n) is 5.87. The van der Waals surface area contributed by atoms with E-state index in [1.54, 1.807) is 19.1 Å². The van der Waals surface area contributed by atoms with E-state index in [-0.39, 0.29) is 18.6 Å². The molecule has 1 N–H and O–H groups in total. The molecule has 10 heteroatoms. The molecule has 1 aliphatic rings. The lowest BCUT2D eigenvalue weighted by atomic mass is 10.0. The third-order valence-electron chi connectivity index (χ3n) is 4.22. The number of tetrazole rings is 1. The van der Waals surface area contributed by atoms with E-state index in [2.05, 4.69) is 15.5 Å². The number of carbonyl (C=O) groups excluding carboxylic acids is 1. The molecule has 1 atom stereocenters. The molecule has 0 aliphatic carbocycles. The molecule has 2 heterocycles. The van der Waals surface area contributed by atoms with Gasteiger partial charge >= 0.3 is 5.97 Å². The maximum atomic E-state index is 11.9. The van der Waals surface area contributed by atoms with E-state index in [1.165, 1.54) is 9.58 Å². The second kappa shape index (κ2) is 8.77. The van der Waals surface area contributed by atoms with Gasteiger partial charge in [-0.15, -0.1) is 5.10 Å². The summed E-state index contributed by atoms with van der Waals surface area (Å²) in [6, 6.07) is 5.12. The fourth-order valence-corrected chi connectivity index (χ4v) is 3.58. The van der Waals surface area contributed by atoms with E-state index in [0.29, 0.717) is 35.7 Å². The van der Waals surface area contributed by atoms with Crippen LogP contribution in [0.15, 0.2) is 18.2 Å². The van der Waals surface area contributed by atoms with Crippen molar-refractivity contribution < 1.29 is 19.2 Å². The quantitative estimate of drug-likeness (QED) is 0.712. The Hall–Kier alpha value is -1.74. The van der Waals surface area contributed by atoms with Crippen molar-refractivity contribution in [2.75, 3.05) is 32.9 Å². The Morgan fingerprint density at radius 3 is 2.85 bits per heavy atom. The first-order valence-electron chi connectivity index (χ1n) is 8.39. The number of halogens is 2. The molecule has 8 nitrogen and oxygen atoms in total. The van der Waals surface area contributed by atoms with Crippen molar-refractivity contribution in [3.05, 3.63) is 39.6 Å². The molecule has 1 aromatic heterocycles. The molecule has 0 spiro atoms. The minimum Gasteiger partial charge on any atom is -0.465 e. The van der Waals surface area contributed by atoms with Crippen LogP contribution in [0.5, 0.6) is 0 Å². The van der Waals surface area contributed by atoms with Crippen molar-refractivity contribution in [1.82, 2.24) is 20.2 Å². The second-order valence-corrected chi connectivity index (χ2v) is 6.71. The molecule has 1 saturated heterocycles. The highest BCUT2D eigenvalue weighted by molar-refractivity contribution is 6.35. The summed E-state index contributed by atoms with van der Waals surface area (Å²) in [6.07, 6.45) is 0. The van der Waals surface area contributed by atoms with E-state index in [9.17, 15) is 4.79 Å². The molecule has 26 heavy (non-hydrogen) atoms. The van der Waals surface area contributed by atoms with Crippen LogP contribution in [0, 0.1) is 0 Å².